The highest BCUT2D eigenvalue weighted by atomic mass is 35.5. The first-order chi connectivity index (χ1) is 8.58. The van der Waals surface area contributed by atoms with Gasteiger partial charge in [0, 0.05) is 18.2 Å². The molecule has 0 radical (unpaired) electrons. The molecule has 0 heterocycles. The molecule has 3 nitrogen and oxygen atoms in total. The van der Waals surface area contributed by atoms with Crippen molar-refractivity contribution in [2.45, 2.75) is 20.1 Å². The molecule has 6 heteroatoms. The molecule has 1 rings (SSSR count). The summed E-state index contributed by atoms with van der Waals surface area (Å²) in [6, 6.07) is 3.14. The van der Waals surface area contributed by atoms with Gasteiger partial charge in [0.05, 0.1) is 10.0 Å². The summed E-state index contributed by atoms with van der Waals surface area (Å²) in [6.45, 7) is 5.05. The first-order valence-corrected chi connectivity index (χ1v) is 6.72. The van der Waals surface area contributed by atoms with Crippen molar-refractivity contribution in [1.82, 2.24) is 0 Å². The molecule has 1 aromatic carbocycles. The van der Waals surface area contributed by atoms with Crippen molar-refractivity contribution in [3.63, 3.8) is 0 Å². The van der Waals surface area contributed by atoms with Crippen LogP contribution in [-0.2, 0) is 9.47 Å². The summed E-state index contributed by atoms with van der Waals surface area (Å²) < 4.78 is 16.2. The molecule has 0 spiro atoms. The van der Waals surface area contributed by atoms with Crippen LogP contribution in [-0.4, -0.2) is 26.1 Å². The number of rotatable bonds is 7. The number of halogens is 3. The molecular weight excluding hydrogens is 298 g/mol. The molecule has 0 aliphatic carbocycles. The molecule has 0 unspecified atom stereocenters. The summed E-state index contributed by atoms with van der Waals surface area (Å²) >= 11 is 17.8. The normalized spacial score (nSPS) is 11.0. The summed E-state index contributed by atoms with van der Waals surface area (Å²) in [6.07, 6.45) is -0.442. The van der Waals surface area contributed by atoms with Crippen LogP contribution in [0.4, 0.5) is 0 Å². The number of benzene rings is 1. The fourth-order valence-electron chi connectivity index (χ4n) is 1.33. The van der Waals surface area contributed by atoms with E-state index in [1.54, 1.807) is 12.1 Å². The maximum atomic E-state index is 6.00. The van der Waals surface area contributed by atoms with Crippen molar-refractivity contribution in [3.8, 4) is 5.75 Å². The van der Waals surface area contributed by atoms with Gasteiger partial charge >= 0.3 is 0 Å². The predicted molar refractivity (Wildman–Crippen MR) is 74.0 cm³/mol. The van der Waals surface area contributed by atoms with E-state index in [1.165, 1.54) is 0 Å². The lowest BCUT2D eigenvalue weighted by molar-refractivity contribution is -0.152. The maximum absolute atomic E-state index is 6.00. The molecule has 0 bridgehead atoms. The van der Waals surface area contributed by atoms with Crippen molar-refractivity contribution >= 4 is 34.8 Å². The van der Waals surface area contributed by atoms with Gasteiger partial charge in [0.2, 0.25) is 0 Å². The van der Waals surface area contributed by atoms with Gasteiger partial charge in [0.15, 0.2) is 12.0 Å². The summed E-state index contributed by atoms with van der Waals surface area (Å²) in [5.74, 6) is 0.382. The van der Waals surface area contributed by atoms with Crippen molar-refractivity contribution in [2.75, 3.05) is 19.8 Å². The molecule has 1 aromatic rings. The van der Waals surface area contributed by atoms with Gasteiger partial charge in [-0.15, -0.1) is 0 Å². The van der Waals surface area contributed by atoms with E-state index in [1.807, 2.05) is 13.8 Å². The summed E-state index contributed by atoms with van der Waals surface area (Å²) in [5.41, 5.74) is 0. The molecule has 0 aliphatic heterocycles. The van der Waals surface area contributed by atoms with Gasteiger partial charge in [-0.1, -0.05) is 34.8 Å². The lowest BCUT2D eigenvalue weighted by Gasteiger charge is -2.18. The van der Waals surface area contributed by atoms with Crippen LogP contribution in [0.15, 0.2) is 12.1 Å². The van der Waals surface area contributed by atoms with Crippen LogP contribution < -0.4 is 4.74 Å². The molecule has 0 N–H and O–H groups in total. The van der Waals surface area contributed by atoms with Crippen LogP contribution in [0.1, 0.15) is 13.8 Å². The Labute approximate surface area is 122 Å². The Bertz CT molecular complexity index is 356. The summed E-state index contributed by atoms with van der Waals surface area (Å²) in [5, 5.41) is 1.18. The fraction of sp³-hybridized carbons (Fsp3) is 0.500. The van der Waals surface area contributed by atoms with Crippen LogP contribution in [0.2, 0.25) is 15.1 Å². The van der Waals surface area contributed by atoms with Gasteiger partial charge in [0.25, 0.3) is 0 Å². The van der Waals surface area contributed by atoms with Gasteiger partial charge in [-0.25, -0.2) is 0 Å². The topological polar surface area (TPSA) is 27.7 Å². The highest BCUT2D eigenvalue weighted by Gasteiger charge is 2.13. The minimum Gasteiger partial charge on any atom is -0.485 e. The fourth-order valence-corrected chi connectivity index (χ4v) is 2.26. The summed E-state index contributed by atoms with van der Waals surface area (Å²) in [7, 11) is 0. The third kappa shape index (κ3) is 4.82. The SMILES string of the molecule is CCOC(COc1c(Cl)cc(Cl)cc1Cl)OCC. The second-order valence-corrected chi connectivity index (χ2v) is 4.60. The zero-order chi connectivity index (χ0) is 13.5. The molecule has 18 heavy (non-hydrogen) atoms. The van der Waals surface area contributed by atoms with E-state index in [4.69, 9.17) is 49.0 Å². The van der Waals surface area contributed by atoms with Crippen LogP contribution in [0.3, 0.4) is 0 Å². The minimum absolute atomic E-state index is 0.211. The highest BCUT2D eigenvalue weighted by molar-refractivity contribution is 6.40. The van der Waals surface area contributed by atoms with Gasteiger partial charge < -0.3 is 14.2 Å². The number of hydrogen-bond donors (Lipinski definition) is 0. The lowest BCUT2D eigenvalue weighted by Crippen LogP contribution is -2.25. The van der Waals surface area contributed by atoms with E-state index < -0.39 is 6.29 Å². The molecule has 0 aromatic heterocycles. The van der Waals surface area contributed by atoms with Crippen molar-refractivity contribution in [2.24, 2.45) is 0 Å². The van der Waals surface area contributed by atoms with E-state index in [-0.39, 0.29) is 6.61 Å². The van der Waals surface area contributed by atoms with Crippen molar-refractivity contribution < 1.29 is 14.2 Å². The third-order valence-electron chi connectivity index (χ3n) is 2.03. The number of hydrogen-bond acceptors (Lipinski definition) is 3. The Morgan fingerprint density at radius 2 is 1.50 bits per heavy atom. The van der Waals surface area contributed by atoms with Crippen LogP contribution in [0.5, 0.6) is 5.75 Å². The number of ether oxygens (including phenoxy) is 3. The quantitative estimate of drug-likeness (QED) is 0.697. The Kier molecular flexibility index (Phi) is 7.12. The maximum Gasteiger partial charge on any atom is 0.191 e. The average Bonchev–Trinajstić information content (AvgIpc) is 2.28. The molecule has 0 saturated carbocycles. The zero-order valence-electron chi connectivity index (χ0n) is 10.2. The van der Waals surface area contributed by atoms with Crippen LogP contribution in [0.25, 0.3) is 0 Å². The highest BCUT2D eigenvalue weighted by Crippen LogP contribution is 2.35. The van der Waals surface area contributed by atoms with E-state index in [0.717, 1.165) is 0 Å². The molecule has 0 aliphatic rings. The van der Waals surface area contributed by atoms with Crippen LogP contribution in [0, 0.1) is 0 Å². The minimum atomic E-state index is -0.442. The largest absolute Gasteiger partial charge is 0.485 e. The van der Waals surface area contributed by atoms with Crippen LogP contribution >= 0.6 is 34.8 Å². The van der Waals surface area contributed by atoms with Gasteiger partial charge in [-0.2, -0.15) is 0 Å². The smallest absolute Gasteiger partial charge is 0.191 e. The summed E-state index contributed by atoms with van der Waals surface area (Å²) in [4.78, 5) is 0. The van der Waals surface area contributed by atoms with Gasteiger partial charge in [0.1, 0.15) is 6.61 Å². The average molecular weight is 314 g/mol. The Morgan fingerprint density at radius 3 is 1.94 bits per heavy atom. The lowest BCUT2D eigenvalue weighted by atomic mass is 10.3. The monoisotopic (exact) mass is 312 g/mol. The third-order valence-corrected chi connectivity index (χ3v) is 2.81. The Balaban J connectivity index is 2.66. The van der Waals surface area contributed by atoms with E-state index in [0.29, 0.717) is 34.0 Å². The Hall–Kier alpha value is -0.190. The van der Waals surface area contributed by atoms with Gasteiger partial charge in [-0.3, -0.25) is 0 Å². The van der Waals surface area contributed by atoms with Gasteiger partial charge in [-0.05, 0) is 26.0 Å². The standard InChI is InChI=1S/C12H15Cl3O3/c1-3-16-11(17-4-2)7-18-12-9(14)5-8(13)6-10(12)15/h5-6,11H,3-4,7H2,1-2H3. The first-order valence-electron chi connectivity index (χ1n) is 5.59. The van der Waals surface area contributed by atoms with E-state index in [9.17, 15) is 0 Å². The molecule has 0 fully saturated rings. The zero-order valence-corrected chi connectivity index (χ0v) is 12.5. The van der Waals surface area contributed by atoms with Crippen molar-refractivity contribution in [1.29, 1.82) is 0 Å². The molecule has 0 amide bonds. The molecule has 102 valence electrons. The van der Waals surface area contributed by atoms with Crippen molar-refractivity contribution in [3.05, 3.63) is 27.2 Å². The molecule has 0 saturated heterocycles. The first kappa shape index (κ1) is 15.9. The second kappa shape index (κ2) is 8.08. The predicted octanol–water partition coefficient (Wildman–Crippen LogP) is 4.42. The Morgan fingerprint density at radius 1 is 1.00 bits per heavy atom. The molecular formula is C12H15Cl3O3. The van der Waals surface area contributed by atoms with E-state index in [2.05, 4.69) is 0 Å². The molecule has 0 atom stereocenters. The van der Waals surface area contributed by atoms with E-state index >= 15 is 0 Å². The second-order valence-electron chi connectivity index (χ2n) is 3.35.